The second-order valence-corrected chi connectivity index (χ2v) is 5.57. The third kappa shape index (κ3) is 2.34. The highest BCUT2D eigenvalue weighted by atomic mass is 79.9. The van der Waals surface area contributed by atoms with E-state index in [1.165, 1.54) is 5.56 Å². The van der Waals surface area contributed by atoms with E-state index in [1.54, 1.807) is 0 Å². The first-order valence-corrected chi connectivity index (χ1v) is 7.02. The lowest BCUT2D eigenvalue weighted by Crippen LogP contribution is -1.88. The predicted molar refractivity (Wildman–Crippen MR) is 84.2 cm³/mol. The maximum absolute atomic E-state index is 5.96. The number of hydrogen-bond donors (Lipinski definition) is 1. The number of nitrogens with two attached hydrogens (primary N) is 1. The van der Waals surface area contributed by atoms with Crippen LogP contribution < -0.4 is 5.73 Å². The summed E-state index contributed by atoms with van der Waals surface area (Å²) in [6.07, 6.45) is 0. The molecule has 0 atom stereocenters. The minimum absolute atomic E-state index is 0.338. The second kappa shape index (κ2) is 5.13. The summed E-state index contributed by atoms with van der Waals surface area (Å²) in [6, 6.07) is 16.1. The summed E-state index contributed by atoms with van der Waals surface area (Å²) in [5.74, 6) is 0.338. The van der Waals surface area contributed by atoms with Gasteiger partial charge in [0.15, 0.2) is 0 Å². The fraction of sp³-hybridized carbons (Fsp3) is 0.0625. The summed E-state index contributed by atoms with van der Waals surface area (Å²) in [5, 5.41) is 4.11. The number of aromatic nitrogens is 1. The van der Waals surface area contributed by atoms with Crippen LogP contribution in [0.4, 0.5) is 5.88 Å². The first kappa shape index (κ1) is 12.9. The number of hydrogen-bond acceptors (Lipinski definition) is 3. The average molecular weight is 329 g/mol. The molecule has 0 aliphatic rings. The van der Waals surface area contributed by atoms with Gasteiger partial charge in [0, 0.05) is 10.0 Å². The number of benzene rings is 2. The molecule has 1 aromatic heterocycles. The molecule has 0 fully saturated rings. The van der Waals surface area contributed by atoms with Crippen LogP contribution in [0, 0.1) is 6.92 Å². The van der Waals surface area contributed by atoms with Gasteiger partial charge in [-0.05, 0) is 24.6 Å². The number of halogens is 1. The molecule has 0 saturated heterocycles. The molecule has 20 heavy (non-hydrogen) atoms. The van der Waals surface area contributed by atoms with E-state index in [1.807, 2.05) is 49.4 Å². The van der Waals surface area contributed by atoms with Crippen LogP contribution >= 0.6 is 15.9 Å². The van der Waals surface area contributed by atoms with Gasteiger partial charge < -0.3 is 10.3 Å². The molecule has 100 valence electrons. The lowest BCUT2D eigenvalue weighted by Gasteiger charge is -2.04. The van der Waals surface area contributed by atoms with Crippen molar-refractivity contribution in [2.24, 2.45) is 0 Å². The molecular formula is C16H13BrN2O. The SMILES string of the molecule is Cc1cccc(-c2c(-c3cccc(Br)c3)noc2N)c1. The third-order valence-electron chi connectivity index (χ3n) is 3.12. The van der Waals surface area contributed by atoms with Crippen LogP contribution in [0.3, 0.4) is 0 Å². The van der Waals surface area contributed by atoms with Crippen LogP contribution in [0.1, 0.15) is 5.56 Å². The lowest BCUT2D eigenvalue weighted by molar-refractivity contribution is 0.439. The Morgan fingerprint density at radius 1 is 1.05 bits per heavy atom. The van der Waals surface area contributed by atoms with Crippen molar-refractivity contribution in [2.45, 2.75) is 6.92 Å². The van der Waals surface area contributed by atoms with Crippen molar-refractivity contribution >= 4 is 21.8 Å². The summed E-state index contributed by atoms with van der Waals surface area (Å²) in [5.41, 5.74) is 10.7. The topological polar surface area (TPSA) is 52.0 Å². The average Bonchev–Trinajstić information content (AvgIpc) is 2.80. The minimum Gasteiger partial charge on any atom is -0.367 e. The van der Waals surface area contributed by atoms with Gasteiger partial charge in [0.25, 0.3) is 0 Å². The molecule has 3 nitrogen and oxygen atoms in total. The van der Waals surface area contributed by atoms with E-state index in [4.69, 9.17) is 10.3 Å². The molecule has 0 aliphatic carbocycles. The van der Waals surface area contributed by atoms with Gasteiger partial charge in [-0.1, -0.05) is 63.0 Å². The zero-order valence-electron chi connectivity index (χ0n) is 10.9. The summed E-state index contributed by atoms with van der Waals surface area (Å²) in [4.78, 5) is 0. The molecule has 0 unspecified atom stereocenters. The van der Waals surface area contributed by atoms with E-state index in [0.717, 1.165) is 26.9 Å². The molecule has 0 amide bonds. The number of nitrogen functional groups attached to an aromatic ring is 1. The monoisotopic (exact) mass is 328 g/mol. The Morgan fingerprint density at radius 2 is 1.80 bits per heavy atom. The van der Waals surface area contributed by atoms with Gasteiger partial charge in [-0.2, -0.15) is 0 Å². The number of anilines is 1. The molecule has 2 N–H and O–H groups in total. The Labute approximate surface area is 125 Å². The molecule has 0 saturated carbocycles. The molecular weight excluding hydrogens is 316 g/mol. The van der Waals surface area contributed by atoms with Crippen molar-refractivity contribution in [1.82, 2.24) is 5.16 Å². The summed E-state index contributed by atoms with van der Waals surface area (Å²) in [6.45, 7) is 2.05. The highest BCUT2D eigenvalue weighted by Gasteiger charge is 2.17. The zero-order valence-corrected chi connectivity index (χ0v) is 12.5. The first-order chi connectivity index (χ1) is 9.65. The Morgan fingerprint density at radius 3 is 2.55 bits per heavy atom. The van der Waals surface area contributed by atoms with E-state index in [0.29, 0.717) is 5.88 Å². The van der Waals surface area contributed by atoms with Crippen molar-refractivity contribution in [2.75, 3.05) is 5.73 Å². The van der Waals surface area contributed by atoms with Gasteiger partial charge in [0.2, 0.25) is 5.88 Å². The highest BCUT2D eigenvalue weighted by molar-refractivity contribution is 9.10. The van der Waals surface area contributed by atoms with E-state index in [9.17, 15) is 0 Å². The van der Waals surface area contributed by atoms with E-state index >= 15 is 0 Å². The van der Waals surface area contributed by atoms with Crippen LogP contribution in [-0.2, 0) is 0 Å². The van der Waals surface area contributed by atoms with Crippen molar-refractivity contribution in [3.8, 4) is 22.4 Å². The molecule has 1 heterocycles. The lowest BCUT2D eigenvalue weighted by atomic mass is 10.00. The quantitative estimate of drug-likeness (QED) is 0.744. The zero-order chi connectivity index (χ0) is 14.1. The van der Waals surface area contributed by atoms with E-state index < -0.39 is 0 Å². The molecule has 4 heteroatoms. The van der Waals surface area contributed by atoms with Crippen molar-refractivity contribution in [3.05, 3.63) is 58.6 Å². The fourth-order valence-corrected chi connectivity index (χ4v) is 2.61. The first-order valence-electron chi connectivity index (χ1n) is 6.23. The molecule has 0 spiro atoms. The number of aryl methyl sites for hydroxylation is 1. The van der Waals surface area contributed by atoms with Gasteiger partial charge in [-0.25, -0.2) is 0 Å². The van der Waals surface area contributed by atoms with Gasteiger partial charge in [-0.15, -0.1) is 0 Å². The van der Waals surface area contributed by atoms with Gasteiger partial charge in [-0.3, -0.25) is 0 Å². The summed E-state index contributed by atoms with van der Waals surface area (Å²) in [7, 11) is 0. The maximum Gasteiger partial charge on any atom is 0.230 e. The highest BCUT2D eigenvalue weighted by Crippen LogP contribution is 2.37. The predicted octanol–water partition coefficient (Wildman–Crippen LogP) is 4.66. The minimum atomic E-state index is 0.338. The van der Waals surface area contributed by atoms with Crippen LogP contribution in [0.2, 0.25) is 0 Å². The van der Waals surface area contributed by atoms with Crippen LogP contribution in [0.15, 0.2) is 57.5 Å². The standard InChI is InChI=1S/C16H13BrN2O/c1-10-4-2-5-11(8-10)14-15(19-20-16(14)18)12-6-3-7-13(17)9-12/h2-9H,18H2,1H3. The van der Waals surface area contributed by atoms with Crippen molar-refractivity contribution < 1.29 is 4.52 Å². The summed E-state index contributed by atoms with van der Waals surface area (Å²) < 4.78 is 6.19. The van der Waals surface area contributed by atoms with Crippen molar-refractivity contribution in [1.29, 1.82) is 0 Å². The van der Waals surface area contributed by atoms with Gasteiger partial charge in [0.05, 0.1) is 5.56 Å². The van der Waals surface area contributed by atoms with E-state index in [-0.39, 0.29) is 0 Å². The maximum atomic E-state index is 5.96. The molecule has 3 aromatic rings. The number of rotatable bonds is 2. The van der Waals surface area contributed by atoms with Crippen LogP contribution in [0.5, 0.6) is 0 Å². The third-order valence-corrected chi connectivity index (χ3v) is 3.62. The Bertz CT molecular complexity index is 765. The van der Waals surface area contributed by atoms with Crippen LogP contribution in [-0.4, -0.2) is 5.16 Å². The van der Waals surface area contributed by atoms with E-state index in [2.05, 4.69) is 27.2 Å². The van der Waals surface area contributed by atoms with Gasteiger partial charge in [0.1, 0.15) is 5.69 Å². The Kier molecular flexibility index (Phi) is 3.32. The molecule has 3 rings (SSSR count). The molecule has 0 radical (unpaired) electrons. The molecule has 0 aliphatic heterocycles. The fourth-order valence-electron chi connectivity index (χ4n) is 2.22. The second-order valence-electron chi connectivity index (χ2n) is 4.65. The molecule has 0 bridgehead atoms. The smallest absolute Gasteiger partial charge is 0.230 e. The summed E-state index contributed by atoms with van der Waals surface area (Å²) >= 11 is 3.47. The van der Waals surface area contributed by atoms with Gasteiger partial charge >= 0.3 is 0 Å². The molecule has 2 aromatic carbocycles. The van der Waals surface area contributed by atoms with Crippen molar-refractivity contribution in [3.63, 3.8) is 0 Å². The van der Waals surface area contributed by atoms with Crippen LogP contribution in [0.25, 0.3) is 22.4 Å². The Hall–Kier alpha value is -2.07. The Balaban J connectivity index is 2.20. The largest absolute Gasteiger partial charge is 0.367 e. The normalized spacial score (nSPS) is 10.7. The number of nitrogens with zero attached hydrogens (tertiary/aromatic N) is 1.